The molecule has 0 spiro atoms. The van der Waals surface area contributed by atoms with Crippen LogP contribution >= 0.6 is 23.2 Å². The van der Waals surface area contributed by atoms with E-state index in [0.29, 0.717) is 21.5 Å². The predicted molar refractivity (Wildman–Crippen MR) is 95.7 cm³/mol. The van der Waals surface area contributed by atoms with Gasteiger partial charge in [-0.25, -0.2) is 0 Å². The van der Waals surface area contributed by atoms with E-state index < -0.39 is 14.2 Å². The molecule has 0 aliphatic carbocycles. The molecule has 0 atom stereocenters. The lowest BCUT2D eigenvalue weighted by Crippen LogP contribution is -2.31. The molecule has 0 saturated heterocycles. The third-order valence-electron chi connectivity index (χ3n) is 2.96. The van der Waals surface area contributed by atoms with Gasteiger partial charge in [0.05, 0.1) is 24.3 Å². The molecule has 0 amide bonds. The molecule has 2 aromatic rings. The van der Waals surface area contributed by atoms with Crippen molar-refractivity contribution in [1.82, 2.24) is 0 Å². The Morgan fingerprint density at radius 2 is 1.04 bits per heavy atom. The lowest BCUT2D eigenvalue weighted by molar-refractivity contribution is 0.402. The fraction of sp³-hybridized carbons (Fsp3) is 0.143. The van der Waals surface area contributed by atoms with E-state index in [1.165, 1.54) is 26.4 Å². The van der Waals surface area contributed by atoms with Gasteiger partial charge in [-0.05, 0) is 12.1 Å². The van der Waals surface area contributed by atoms with Crippen molar-refractivity contribution in [2.75, 3.05) is 14.2 Å². The summed E-state index contributed by atoms with van der Waals surface area (Å²) in [5, 5.41) is 36.2. The zero-order chi connectivity index (χ0) is 18.3. The maximum Gasteiger partial charge on any atom is 0.492 e. The lowest BCUT2D eigenvalue weighted by Gasteiger charge is -2.08. The van der Waals surface area contributed by atoms with Crippen LogP contribution in [0, 0.1) is 0 Å². The minimum absolute atomic E-state index is 0.269. The van der Waals surface area contributed by atoms with Crippen molar-refractivity contribution in [3.05, 3.63) is 46.4 Å². The summed E-state index contributed by atoms with van der Waals surface area (Å²) < 4.78 is 9.77. The van der Waals surface area contributed by atoms with Crippen LogP contribution in [0.1, 0.15) is 0 Å². The van der Waals surface area contributed by atoms with Crippen LogP contribution in [0.25, 0.3) is 0 Å². The highest BCUT2D eigenvalue weighted by Crippen LogP contribution is 2.21. The molecule has 0 saturated carbocycles. The molecule has 6 nitrogen and oxygen atoms in total. The minimum Gasteiger partial charge on any atom is -0.496 e. The smallest absolute Gasteiger partial charge is 0.492 e. The molecule has 2 aromatic carbocycles. The summed E-state index contributed by atoms with van der Waals surface area (Å²) in [6.45, 7) is 0. The fourth-order valence-corrected chi connectivity index (χ4v) is 2.41. The van der Waals surface area contributed by atoms with Crippen LogP contribution in [0.3, 0.4) is 0 Å². The molecule has 2 rings (SSSR count). The quantitative estimate of drug-likeness (QED) is 0.566. The summed E-state index contributed by atoms with van der Waals surface area (Å²) >= 11 is 11.5. The van der Waals surface area contributed by atoms with E-state index in [1.54, 1.807) is 24.3 Å². The monoisotopic (exact) mass is 372 g/mol. The molecule has 0 bridgehead atoms. The maximum absolute atomic E-state index is 8.88. The Hall–Kier alpha value is -1.41. The highest BCUT2D eigenvalue weighted by molar-refractivity contribution is 6.60. The number of methoxy groups -OCH3 is 2. The van der Waals surface area contributed by atoms with E-state index in [1.807, 2.05) is 0 Å². The van der Waals surface area contributed by atoms with Gasteiger partial charge >= 0.3 is 14.2 Å². The van der Waals surface area contributed by atoms with Gasteiger partial charge in [-0.15, -0.1) is 0 Å². The highest BCUT2D eigenvalue weighted by atomic mass is 35.5. The summed E-state index contributed by atoms with van der Waals surface area (Å²) in [6, 6.07) is 9.56. The molecule has 0 heterocycles. The number of para-hydroxylation sites is 2. The molecular weight excluding hydrogens is 357 g/mol. The predicted octanol–water partition coefficient (Wildman–Crippen LogP) is 0.0568. The van der Waals surface area contributed by atoms with Crippen molar-refractivity contribution in [2.24, 2.45) is 0 Å². The molecule has 0 aliphatic heterocycles. The van der Waals surface area contributed by atoms with E-state index in [-0.39, 0.29) is 10.9 Å². The van der Waals surface area contributed by atoms with Crippen molar-refractivity contribution < 1.29 is 29.6 Å². The largest absolute Gasteiger partial charge is 0.496 e. The maximum atomic E-state index is 8.88. The second kappa shape index (κ2) is 9.78. The van der Waals surface area contributed by atoms with Crippen molar-refractivity contribution >= 4 is 48.4 Å². The molecule has 0 aliphatic rings. The molecule has 24 heavy (non-hydrogen) atoms. The number of rotatable bonds is 4. The van der Waals surface area contributed by atoms with E-state index in [9.17, 15) is 0 Å². The standard InChI is InChI=1S/2C7H8BClO3/c2*1-12-7-5(8(10)11)3-2-4-6(7)9/h2*2-4,10-11H,1H3. The first-order chi connectivity index (χ1) is 11.3. The van der Waals surface area contributed by atoms with Gasteiger partial charge in [-0.3, -0.25) is 0 Å². The Morgan fingerprint density at radius 3 is 1.25 bits per heavy atom. The van der Waals surface area contributed by atoms with Gasteiger partial charge in [0.15, 0.2) is 0 Å². The van der Waals surface area contributed by atoms with Crippen molar-refractivity contribution in [3.63, 3.8) is 0 Å². The summed E-state index contributed by atoms with van der Waals surface area (Å²) in [6.07, 6.45) is 0. The molecule has 4 N–H and O–H groups in total. The molecular formula is C14H16B2Cl2O6. The van der Waals surface area contributed by atoms with Gasteiger partial charge in [-0.2, -0.15) is 0 Å². The zero-order valence-corrected chi connectivity index (χ0v) is 14.5. The summed E-state index contributed by atoms with van der Waals surface area (Å²) in [5.41, 5.74) is 0.537. The normalized spacial score (nSPS) is 9.67. The fourth-order valence-electron chi connectivity index (χ4n) is 1.89. The van der Waals surface area contributed by atoms with Crippen molar-refractivity contribution in [3.8, 4) is 11.5 Å². The molecule has 0 unspecified atom stereocenters. The Kier molecular flexibility index (Phi) is 8.41. The summed E-state index contributed by atoms with van der Waals surface area (Å²) in [5.74, 6) is 0.600. The number of ether oxygens (including phenoxy) is 2. The van der Waals surface area contributed by atoms with E-state index in [4.69, 9.17) is 52.8 Å². The Morgan fingerprint density at radius 1 is 0.708 bits per heavy atom. The molecule has 0 radical (unpaired) electrons. The summed E-state index contributed by atoms with van der Waals surface area (Å²) in [4.78, 5) is 0. The molecule has 0 fully saturated rings. The van der Waals surface area contributed by atoms with Crippen LogP contribution in [0.15, 0.2) is 36.4 Å². The van der Waals surface area contributed by atoms with E-state index >= 15 is 0 Å². The first-order valence-electron chi connectivity index (χ1n) is 6.70. The lowest BCUT2D eigenvalue weighted by atomic mass is 9.79. The highest BCUT2D eigenvalue weighted by Gasteiger charge is 2.19. The van der Waals surface area contributed by atoms with Gasteiger partial charge in [0.2, 0.25) is 0 Å². The SMILES string of the molecule is COc1c(Cl)cccc1B(O)O.COc1c(Cl)cccc1B(O)O. The van der Waals surface area contributed by atoms with Crippen LogP contribution in [0.4, 0.5) is 0 Å². The average Bonchev–Trinajstić information content (AvgIpc) is 2.54. The molecule has 128 valence electrons. The molecule has 10 heteroatoms. The Labute approximate surface area is 150 Å². The number of benzene rings is 2. The number of hydrogen-bond donors (Lipinski definition) is 4. The number of hydrogen-bond acceptors (Lipinski definition) is 6. The van der Waals surface area contributed by atoms with Gasteiger partial charge in [0.1, 0.15) is 11.5 Å². The minimum atomic E-state index is -1.56. The topological polar surface area (TPSA) is 99.4 Å². The zero-order valence-electron chi connectivity index (χ0n) is 13.0. The second-order valence-corrected chi connectivity index (χ2v) is 5.29. The van der Waals surface area contributed by atoms with Crippen LogP contribution in [0.5, 0.6) is 11.5 Å². The Bertz CT molecular complexity index is 612. The molecule has 0 aromatic heterocycles. The second-order valence-electron chi connectivity index (χ2n) is 4.47. The van der Waals surface area contributed by atoms with Crippen molar-refractivity contribution in [1.29, 1.82) is 0 Å². The van der Waals surface area contributed by atoms with Crippen LogP contribution in [-0.2, 0) is 0 Å². The van der Waals surface area contributed by atoms with E-state index in [0.717, 1.165) is 0 Å². The average molecular weight is 373 g/mol. The first-order valence-corrected chi connectivity index (χ1v) is 7.46. The summed E-state index contributed by atoms with van der Waals surface area (Å²) in [7, 11) is -0.266. The van der Waals surface area contributed by atoms with Crippen LogP contribution < -0.4 is 20.4 Å². The van der Waals surface area contributed by atoms with Gasteiger partial charge in [0, 0.05) is 10.9 Å². The van der Waals surface area contributed by atoms with Crippen molar-refractivity contribution in [2.45, 2.75) is 0 Å². The van der Waals surface area contributed by atoms with Crippen LogP contribution in [-0.4, -0.2) is 48.6 Å². The van der Waals surface area contributed by atoms with Gasteiger partial charge in [0.25, 0.3) is 0 Å². The van der Waals surface area contributed by atoms with E-state index in [2.05, 4.69) is 0 Å². The third kappa shape index (κ3) is 5.31. The first kappa shape index (κ1) is 20.6. The third-order valence-corrected chi connectivity index (χ3v) is 3.55. The Balaban J connectivity index is 0.000000240. The van der Waals surface area contributed by atoms with Crippen LogP contribution in [0.2, 0.25) is 10.0 Å². The van der Waals surface area contributed by atoms with Gasteiger partial charge in [-0.1, -0.05) is 47.5 Å². The van der Waals surface area contributed by atoms with Gasteiger partial charge < -0.3 is 29.6 Å². The number of halogens is 2.